The molecule has 0 aliphatic carbocycles. The average molecular weight is 443 g/mol. The fourth-order valence-corrected chi connectivity index (χ4v) is 4.25. The van der Waals surface area contributed by atoms with Gasteiger partial charge in [-0.15, -0.1) is 22.7 Å². The van der Waals surface area contributed by atoms with Crippen molar-refractivity contribution in [3.63, 3.8) is 0 Å². The van der Waals surface area contributed by atoms with Crippen LogP contribution in [-0.4, -0.2) is 43.1 Å². The number of carbonyl (C=O) groups excluding carboxylic acids is 2. The van der Waals surface area contributed by atoms with Crippen LogP contribution in [0.4, 0.5) is 5.13 Å². The van der Waals surface area contributed by atoms with E-state index in [4.69, 9.17) is 4.74 Å². The van der Waals surface area contributed by atoms with Gasteiger partial charge in [0.15, 0.2) is 5.13 Å². The van der Waals surface area contributed by atoms with Crippen LogP contribution in [0.15, 0.2) is 27.4 Å². The van der Waals surface area contributed by atoms with Crippen LogP contribution in [0.1, 0.15) is 15.4 Å². The maximum atomic E-state index is 12.1. The minimum Gasteiger partial charge on any atom is -0.378 e. The van der Waals surface area contributed by atoms with Crippen LogP contribution in [-0.2, 0) is 9.53 Å². The van der Waals surface area contributed by atoms with Crippen LogP contribution < -0.4 is 15.8 Å². The standard InChI is InChI=1S/C15H15BrN4O3S2/c16-12-3-1-10(25-12)2-4-13(21)18-19-14(22)11-9-24-15(17-11)20-5-7-23-8-6-20/h1-4,9H,5-8H2,(H,18,21)(H,19,22)/b4-2+. The van der Waals surface area contributed by atoms with Gasteiger partial charge in [-0.2, -0.15) is 0 Å². The first-order valence-electron chi connectivity index (χ1n) is 7.44. The molecule has 7 nitrogen and oxygen atoms in total. The average Bonchev–Trinajstić information content (AvgIpc) is 3.28. The van der Waals surface area contributed by atoms with E-state index in [1.807, 2.05) is 12.1 Å². The van der Waals surface area contributed by atoms with Crippen molar-refractivity contribution in [2.45, 2.75) is 0 Å². The number of carbonyl (C=O) groups is 2. The van der Waals surface area contributed by atoms with Crippen molar-refractivity contribution in [2.75, 3.05) is 31.2 Å². The van der Waals surface area contributed by atoms with Gasteiger partial charge in [0.25, 0.3) is 11.8 Å². The summed E-state index contributed by atoms with van der Waals surface area (Å²) in [5.74, 6) is -0.863. The summed E-state index contributed by atoms with van der Waals surface area (Å²) < 4.78 is 6.28. The number of hydrogen-bond acceptors (Lipinski definition) is 7. The molecular weight excluding hydrogens is 428 g/mol. The van der Waals surface area contributed by atoms with Gasteiger partial charge in [0, 0.05) is 29.4 Å². The molecule has 10 heteroatoms. The molecule has 3 heterocycles. The molecule has 0 atom stereocenters. The van der Waals surface area contributed by atoms with Crippen LogP contribution in [0.3, 0.4) is 0 Å². The zero-order chi connectivity index (χ0) is 17.6. The Morgan fingerprint density at radius 2 is 2.08 bits per heavy atom. The highest BCUT2D eigenvalue weighted by Crippen LogP contribution is 2.23. The predicted octanol–water partition coefficient (Wildman–Crippen LogP) is 2.28. The van der Waals surface area contributed by atoms with Crippen molar-refractivity contribution < 1.29 is 14.3 Å². The SMILES string of the molecule is O=C(/C=C/c1ccc(Br)s1)NNC(=O)c1csc(N2CCOCC2)n1. The number of anilines is 1. The Balaban J connectivity index is 1.49. The van der Waals surface area contributed by atoms with Gasteiger partial charge in [0.05, 0.1) is 17.0 Å². The van der Waals surface area contributed by atoms with Crippen LogP contribution >= 0.6 is 38.6 Å². The second-order valence-corrected chi connectivity index (χ2v) is 8.36. The zero-order valence-electron chi connectivity index (χ0n) is 13.0. The minimum absolute atomic E-state index is 0.276. The van der Waals surface area contributed by atoms with Crippen molar-refractivity contribution >= 4 is 61.6 Å². The highest BCUT2D eigenvalue weighted by Gasteiger charge is 2.17. The van der Waals surface area contributed by atoms with E-state index in [0.29, 0.717) is 13.2 Å². The normalized spacial score (nSPS) is 14.7. The lowest BCUT2D eigenvalue weighted by Gasteiger charge is -2.25. The highest BCUT2D eigenvalue weighted by molar-refractivity contribution is 9.11. The molecule has 0 aromatic carbocycles. The Bertz CT molecular complexity index is 783. The molecular formula is C15H15BrN4O3S2. The summed E-state index contributed by atoms with van der Waals surface area (Å²) in [7, 11) is 0. The number of nitrogens with zero attached hydrogens (tertiary/aromatic N) is 2. The summed E-state index contributed by atoms with van der Waals surface area (Å²) in [6, 6.07) is 3.79. The van der Waals surface area contributed by atoms with Gasteiger partial charge in [0.2, 0.25) is 0 Å². The first-order chi connectivity index (χ1) is 12.1. The Morgan fingerprint density at radius 1 is 1.28 bits per heavy atom. The maximum Gasteiger partial charge on any atom is 0.289 e. The van der Waals surface area contributed by atoms with Crippen molar-refractivity contribution in [3.05, 3.63) is 37.9 Å². The summed E-state index contributed by atoms with van der Waals surface area (Å²) in [4.78, 5) is 31.1. The Hall–Kier alpha value is -1.75. The molecule has 3 rings (SSSR count). The van der Waals surface area contributed by atoms with Crippen molar-refractivity contribution in [1.29, 1.82) is 0 Å². The monoisotopic (exact) mass is 442 g/mol. The molecule has 0 bridgehead atoms. The van der Waals surface area contributed by atoms with Crippen LogP contribution in [0.25, 0.3) is 6.08 Å². The molecule has 1 saturated heterocycles. The van der Waals surface area contributed by atoms with Gasteiger partial charge in [-0.05, 0) is 34.1 Å². The number of hydrogen-bond donors (Lipinski definition) is 2. The molecule has 2 amide bonds. The molecule has 132 valence electrons. The number of amides is 2. The molecule has 2 aromatic heterocycles. The summed E-state index contributed by atoms with van der Waals surface area (Å²) in [5.41, 5.74) is 4.98. The van der Waals surface area contributed by atoms with E-state index in [0.717, 1.165) is 26.9 Å². The Morgan fingerprint density at radius 3 is 2.80 bits per heavy atom. The molecule has 0 unspecified atom stereocenters. The molecule has 25 heavy (non-hydrogen) atoms. The second-order valence-electron chi connectivity index (χ2n) is 5.03. The van der Waals surface area contributed by atoms with E-state index >= 15 is 0 Å². The van der Waals surface area contributed by atoms with Crippen molar-refractivity contribution in [2.24, 2.45) is 0 Å². The number of halogens is 1. The topological polar surface area (TPSA) is 83.6 Å². The van der Waals surface area contributed by atoms with E-state index in [1.165, 1.54) is 28.7 Å². The second kappa shape index (κ2) is 8.56. The van der Waals surface area contributed by atoms with E-state index < -0.39 is 11.8 Å². The number of thiazole rings is 1. The van der Waals surface area contributed by atoms with E-state index in [-0.39, 0.29) is 5.69 Å². The number of aromatic nitrogens is 1. The van der Waals surface area contributed by atoms with Crippen LogP contribution in [0.5, 0.6) is 0 Å². The molecule has 1 aliphatic rings. The first-order valence-corrected chi connectivity index (χ1v) is 9.93. The number of rotatable bonds is 4. The Kier molecular flexibility index (Phi) is 6.19. The van der Waals surface area contributed by atoms with Gasteiger partial charge in [-0.25, -0.2) is 4.98 Å². The molecule has 0 spiro atoms. The summed E-state index contributed by atoms with van der Waals surface area (Å²) in [5, 5.41) is 2.45. The molecule has 2 N–H and O–H groups in total. The minimum atomic E-state index is -0.448. The number of hydrazine groups is 1. The van der Waals surface area contributed by atoms with Crippen LogP contribution in [0.2, 0.25) is 0 Å². The third-order valence-corrected chi connectivity index (χ3v) is 5.79. The van der Waals surface area contributed by atoms with Crippen molar-refractivity contribution in [1.82, 2.24) is 15.8 Å². The summed E-state index contributed by atoms with van der Waals surface area (Å²) in [6.07, 6.45) is 3.04. The van der Waals surface area contributed by atoms with Gasteiger partial charge in [0.1, 0.15) is 5.69 Å². The van der Waals surface area contributed by atoms with E-state index in [1.54, 1.807) is 11.5 Å². The van der Waals surface area contributed by atoms with Gasteiger partial charge >= 0.3 is 0 Å². The lowest BCUT2D eigenvalue weighted by molar-refractivity contribution is -0.117. The number of nitrogens with one attached hydrogen (secondary N) is 2. The lowest BCUT2D eigenvalue weighted by atomic mass is 10.4. The molecule has 0 saturated carbocycles. The quantitative estimate of drug-likeness (QED) is 0.560. The Labute approximate surface area is 160 Å². The largest absolute Gasteiger partial charge is 0.378 e. The lowest BCUT2D eigenvalue weighted by Crippen LogP contribution is -2.41. The van der Waals surface area contributed by atoms with Gasteiger partial charge in [-0.3, -0.25) is 20.4 Å². The smallest absolute Gasteiger partial charge is 0.289 e. The number of thiophene rings is 1. The van der Waals surface area contributed by atoms with Crippen LogP contribution in [0, 0.1) is 0 Å². The third kappa shape index (κ3) is 5.11. The first kappa shape index (κ1) is 18.1. The van der Waals surface area contributed by atoms with E-state index in [9.17, 15) is 9.59 Å². The fraction of sp³-hybridized carbons (Fsp3) is 0.267. The van der Waals surface area contributed by atoms with E-state index in [2.05, 4.69) is 36.7 Å². The predicted molar refractivity (Wildman–Crippen MR) is 102 cm³/mol. The summed E-state index contributed by atoms with van der Waals surface area (Å²) in [6.45, 7) is 2.83. The van der Waals surface area contributed by atoms with Gasteiger partial charge in [-0.1, -0.05) is 0 Å². The maximum absolute atomic E-state index is 12.1. The molecule has 1 aliphatic heterocycles. The van der Waals surface area contributed by atoms with Crippen molar-refractivity contribution in [3.8, 4) is 0 Å². The fourth-order valence-electron chi connectivity index (χ4n) is 2.07. The third-order valence-electron chi connectivity index (χ3n) is 3.30. The number of morpholine rings is 1. The molecule has 0 radical (unpaired) electrons. The van der Waals surface area contributed by atoms with Gasteiger partial charge < -0.3 is 9.64 Å². The molecule has 1 fully saturated rings. The zero-order valence-corrected chi connectivity index (χ0v) is 16.2. The number of ether oxygens (including phenoxy) is 1. The molecule has 2 aromatic rings. The highest BCUT2D eigenvalue weighted by atomic mass is 79.9. The summed E-state index contributed by atoms with van der Waals surface area (Å²) >= 11 is 6.26.